The number of Topliss-reactive ketones (excluding diaryl/α,β-unsaturated/α-hetero) is 1. The molecule has 1 N–H and O–H groups in total. The Morgan fingerprint density at radius 2 is 1.41 bits per heavy atom. The van der Waals surface area contributed by atoms with Gasteiger partial charge in [-0.15, -0.1) is 0 Å². The SMILES string of the molecule is Cc1c(C(C)(C)C)cc(CCC(=O)c2[nH]c(Cl)c(Cl)c2Cl)cc1C(C)(C)C. The van der Waals surface area contributed by atoms with Gasteiger partial charge in [-0.05, 0) is 46.4 Å². The Morgan fingerprint density at radius 3 is 1.78 bits per heavy atom. The number of carbonyl (C=O) groups is 1. The van der Waals surface area contributed by atoms with Crippen LogP contribution in [0, 0.1) is 6.92 Å². The average Bonchev–Trinajstić information content (AvgIpc) is 2.79. The van der Waals surface area contributed by atoms with Crippen molar-refractivity contribution in [2.75, 3.05) is 0 Å². The highest BCUT2D eigenvalue weighted by Crippen LogP contribution is 2.36. The smallest absolute Gasteiger partial charge is 0.180 e. The lowest BCUT2D eigenvalue weighted by Crippen LogP contribution is -2.20. The molecule has 0 saturated carbocycles. The van der Waals surface area contributed by atoms with Gasteiger partial charge in [0.1, 0.15) is 10.8 Å². The molecule has 0 radical (unpaired) electrons. The van der Waals surface area contributed by atoms with Gasteiger partial charge in [0.05, 0.1) is 10.0 Å². The highest BCUT2D eigenvalue weighted by molar-refractivity contribution is 6.49. The van der Waals surface area contributed by atoms with Crippen molar-refractivity contribution in [2.24, 2.45) is 0 Å². The Kier molecular flexibility index (Phi) is 6.46. The summed E-state index contributed by atoms with van der Waals surface area (Å²) in [6.07, 6.45) is 0.971. The molecule has 0 unspecified atom stereocenters. The summed E-state index contributed by atoms with van der Waals surface area (Å²) < 4.78 is 0. The van der Waals surface area contributed by atoms with E-state index in [0.717, 1.165) is 5.56 Å². The number of halogens is 3. The maximum atomic E-state index is 12.6. The Bertz CT molecular complexity index is 832. The van der Waals surface area contributed by atoms with Crippen LogP contribution in [0.5, 0.6) is 0 Å². The van der Waals surface area contributed by atoms with Gasteiger partial charge in [0.15, 0.2) is 5.78 Å². The number of hydrogen-bond donors (Lipinski definition) is 1. The van der Waals surface area contributed by atoms with Gasteiger partial charge in [-0.1, -0.05) is 88.5 Å². The predicted molar refractivity (Wildman–Crippen MR) is 117 cm³/mol. The number of carbonyl (C=O) groups excluding carboxylic acids is 1. The zero-order valence-corrected chi connectivity index (χ0v) is 19.4. The van der Waals surface area contributed by atoms with Gasteiger partial charge in [0, 0.05) is 6.42 Å². The summed E-state index contributed by atoms with van der Waals surface area (Å²) in [5, 5.41) is 0.591. The largest absolute Gasteiger partial charge is 0.341 e. The monoisotopic (exact) mass is 427 g/mol. The molecular weight excluding hydrogens is 401 g/mol. The second-order valence-electron chi connectivity index (χ2n) is 9.18. The van der Waals surface area contributed by atoms with Crippen molar-refractivity contribution >= 4 is 40.6 Å². The van der Waals surface area contributed by atoms with Crippen LogP contribution in [0.15, 0.2) is 12.1 Å². The maximum Gasteiger partial charge on any atom is 0.180 e. The molecule has 0 atom stereocenters. The van der Waals surface area contributed by atoms with Crippen molar-refractivity contribution in [1.82, 2.24) is 4.98 Å². The molecule has 0 spiro atoms. The Labute approximate surface area is 177 Å². The quantitative estimate of drug-likeness (QED) is 0.497. The highest BCUT2D eigenvalue weighted by atomic mass is 35.5. The number of aromatic amines is 1. The van der Waals surface area contributed by atoms with Crippen LogP contribution in [-0.2, 0) is 17.3 Å². The van der Waals surface area contributed by atoms with Gasteiger partial charge >= 0.3 is 0 Å². The Balaban J connectivity index is 2.36. The van der Waals surface area contributed by atoms with Crippen LogP contribution in [-0.4, -0.2) is 10.8 Å². The third kappa shape index (κ3) is 4.91. The second-order valence-corrected chi connectivity index (χ2v) is 10.3. The molecule has 2 nitrogen and oxygen atoms in total. The summed E-state index contributed by atoms with van der Waals surface area (Å²) in [4.78, 5) is 15.4. The summed E-state index contributed by atoms with van der Waals surface area (Å²) in [5.74, 6) is -0.0935. The van der Waals surface area contributed by atoms with Gasteiger partial charge in [-0.25, -0.2) is 0 Å². The van der Waals surface area contributed by atoms with Crippen molar-refractivity contribution in [2.45, 2.75) is 72.1 Å². The third-order valence-electron chi connectivity index (χ3n) is 4.84. The lowest BCUT2D eigenvalue weighted by atomic mass is 9.75. The van der Waals surface area contributed by atoms with Crippen molar-refractivity contribution in [1.29, 1.82) is 0 Å². The minimum Gasteiger partial charge on any atom is -0.341 e. The molecule has 0 aliphatic rings. The van der Waals surface area contributed by atoms with E-state index in [-0.39, 0.29) is 37.5 Å². The Hall–Kier alpha value is -0.960. The molecule has 0 bridgehead atoms. The molecule has 2 rings (SSSR count). The maximum absolute atomic E-state index is 12.6. The van der Waals surface area contributed by atoms with Crippen LogP contribution in [0.25, 0.3) is 0 Å². The highest BCUT2D eigenvalue weighted by Gasteiger charge is 2.25. The number of aryl methyl sites for hydroxylation is 1. The van der Waals surface area contributed by atoms with E-state index in [9.17, 15) is 4.79 Å². The van der Waals surface area contributed by atoms with Crippen LogP contribution in [0.4, 0.5) is 0 Å². The van der Waals surface area contributed by atoms with Crippen molar-refractivity contribution in [3.63, 3.8) is 0 Å². The fourth-order valence-electron chi connectivity index (χ4n) is 3.48. The van der Waals surface area contributed by atoms with E-state index in [1.807, 2.05) is 0 Å². The molecule has 0 amide bonds. The van der Waals surface area contributed by atoms with Crippen LogP contribution in [0.3, 0.4) is 0 Å². The molecule has 0 fully saturated rings. The number of rotatable bonds is 4. The van der Waals surface area contributed by atoms with E-state index < -0.39 is 0 Å². The summed E-state index contributed by atoms with van der Waals surface area (Å²) in [5.41, 5.74) is 5.48. The molecular formula is C22H28Cl3NO. The van der Waals surface area contributed by atoms with Crippen molar-refractivity contribution < 1.29 is 4.79 Å². The summed E-state index contributed by atoms with van der Waals surface area (Å²) >= 11 is 18.0. The van der Waals surface area contributed by atoms with Crippen LogP contribution < -0.4 is 0 Å². The standard InChI is InChI=1S/C22H28Cl3NO/c1-12-14(21(2,3)4)10-13(11-15(12)22(5,6)7)8-9-16(27)19-17(23)18(24)20(25)26-19/h10-11,26H,8-9H2,1-7H3. The Morgan fingerprint density at radius 1 is 0.926 bits per heavy atom. The molecule has 1 aromatic heterocycles. The first-order valence-electron chi connectivity index (χ1n) is 9.13. The summed E-state index contributed by atoms with van der Waals surface area (Å²) in [7, 11) is 0. The molecule has 2 aromatic rings. The predicted octanol–water partition coefficient (Wildman–Crippen LogP) is 7.69. The van der Waals surface area contributed by atoms with Crippen LogP contribution >= 0.6 is 34.8 Å². The molecule has 0 aliphatic heterocycles. The van der Waals surface area contributed by atoms with Crippen molar-refractivity contribution in [3.8, 4) is 0 Å². The molecule has 1 heterocycles. The first-order valence-corrected chi connectivity index (χ1v) is 10.3. The van der Waals surface area contributed by atoms with E-state index in [1.54, 1.807) is 0 Å². The molecule has 27 heavy (non-hydrogen) atoms. The summed E-state index contributed by atoms with van der Waals surface area (Å²) in [6.45, 7) is 15.5. The zero-order valence-electron chi connectivity index (χ0n) is 17.1. The zero-order chi connectivity index (χ0) is 20.7. The van der Waals surface area contributed by atoms with Crippen LogP contribution in [0.1, 0.15) is 80.7 Å². The first kappa shape index (κ1) is 22.3. The lowest BCUT2D eigenvalue weighted by molar-refractivity contribution is 0.0979. The average molecular weight is 429 g/mol. The molecule has 0 saturated heterocycles. The molecule has 148 valence electrons. The number of aromatic nitrogens is 1. The topological polar surface area (TPSA) is 32.9 Å². The van der Waals surface area contributed by atoms with Gasteiger partial charge in [0.2, 0.25) is 0 Å². The number of ketones is 1. The van der Waals surface area contributed by atoms with Crippen molar-refractivity contribution in [3.05, 3.63) is 55.3 Å². The van der Waals surface area contributed by atoms with E-state index in [0.29, 0.717) is 12.8 Å². The number of hydrogen-bond acceptors (Lipinski definition) is 1. The van der Waals surface area contributed by atoms with Gasteiger partial charge < -0.3 is 4.98 Å². The lowest BCUT2D eigenvalue weighted by Gasteiger charge is -2.30. The fraction of sp³-hybridized carbons (Fsp3) is 0.500. The molecule has 0 aliphatic carbocycles. The van der Waals surface area contributed by atoms with E-state index in [4.69, 9.17) is 34.8 Å². The number of nitrogens with one attached hydrogen (secondary N) is 1. The minimum absolute atomic E-state index is 0.0356. The van der Waals surface area contributed by atoms with E-state index in [1.165, 1.54) is 16.7 Å². The first-order chi connectivity index (χ1) is 12.2. The van der Waals surface area contributed by atoms with E-state index >= 15 is 0 Å². The second kappa shape index (κ2) is 7.81. The normalized spacial score (nSPS) is 12.5. The molecule has 5 heteroatoms. The summed E-state index contributed by atoms with van der Waals surface area (Å²) in [6, 6.07) is 4.46. The van der Waals surface area contributed by atoms with Gasteiger partial charge in [-0.2, -0.15) is 0 Å². The number of H-pyrrole nitrogens is 1. The minimum atomic E-state index is -0.0935. The molecule has 1 aromatic carbocycles. The third-order valence-corrected chi connectivity index (χ3v) is 6.08. The van der Waals surface area contributed by atoms with Gasteiger partial charge in [0.25, 0.3) is 0 Å². The fourth-order valence-corrected chi connectivity index (χ4v) is 4.10. The van der Waals surface area contributed by atoms with Gasteiger partial charge in [-0.3, -0.25) is 4.79 Å². The van der Waals surface area contributed by atoms with Crippen LogP contribution in [0.2, 0.25) is 15.2 Å². The van der Waals surface area contributed by atoms with E-state index in [2.05, 4.69) is 65.6 Å². The number of benzene rings is 1.